The Morgan fingerprint density at radius 1 is 1.12 bits per heavy atom. The van der Waals surface area contributed by atoms with Crippen LogP contribution in [-0.4, -0.2) is 30.3 Å². The van der Waals surface area contributed by atoms with Gasteiger partial charge < -0.3 is 15.2 Å². The number of carbonyl (C=O) groups excluding carboxylic acids is 1. The second-order valence-electron chi connectivity index (χ2n) is 6.57. The van der Waals surface area contributed by atoms with Crippen LogP contribution in [0.1, 0.15) is 32.1 Å². The van der Waals surface area contributed by atoms with Gasteiger partial charge in [-0.15, -0.1) is 0 Å². The van der Waals surface area contributed by atoms with Crippen LogP contribution < -0.4 is 10.1 Å². The van der Waals surface area contributed by atoms with Crippen LogP contribution in [0.4, 0.5) is 0 Å². The Bertz CT molecular complexity index is 679. The van der Waals surface area contributed by atoms with Gasteiger partial charge in [0.05, 0.1) is 6.10 Å². The number of amides is 1. The maximum atomic E-state index is 11.9. The zero-order chi connectivity index (χ0) is 16.8. The second-order valence-corrected chi connectivity index (χ2v) is 6.57. The lowest BCUT2D eigenvalue weighted by molar-refractivity contribution is -0.123. The molecule has 0 spiro atoms. The molecule has 0 bridgehead atoms. The minimum atomic E-state index is -0.449. The summed E-state index contributed by atoms with van der Waals surface area (Å²) in [6.07, 6.45) is 5.29. The highest BCUT2D eigenvalue weighted by molar-refractivity contribution is 5.84. The van der Waals surface area contributed by atoms with E-state index < -0.39 is 6.10 Å². The molecule has 0 heterocycles. The minimum absolute atomic E-state index is 0.0320. The van der Waals surface area contributed by atoms with Crippen LogP contribution in [-0.2, 0) is 4.79 Å². The summed E-state index contributed by atoms with van der Waals surface area (Å²) >= 11 is 0. The third-order valence-corrected chi connectivity index (χ3v) is 4.79. The van der Waals surface area contributed by atoms with E-state index in [0.29, 0.717) is 18.2 Å². The fraction of sp³-hybridized carbons (Fsp3) is 0.450. The van der Waals surface area contributed by atoms with Crippen molar-refractivity contribution in [2.45, 2.75) is 38.2 Å². The molecule has 24 heavy (non-hydrogen) atoms. The standard InChI is InChI=1S/C20H25NO3/c22-19(16-7-2-1-3-8-16)13-21-20(23)14-24-18-11-10-15-6-4-5-9-17(15)12-18/h4-6,9-12,16,19,22H,1-3,7-8,13-14H2,(H,21,23). The van der Waals surface area contributed by atoms with Crippen LogP contribution in [0.25, 0.3) is 10.8 Å². The lowest BCUT2D eigenvalue weighted by Crippen LogP contribution is -2.39. The largest absolute Gasteiger partial charge is 0.484 e. The van der Waals surface area contributed by atoms with Crippen LogP contribution in [0.3, 0.4) is 0 Å². The quantitative estimate of drug-likeness (QED) is 0.856. The highest BCUT2D eigenvalue weighted by Gasteiger charge is 2.21. The molecule has 0 aromatic heterocycles. The lowest BCUT2D eigenvalue weighted by Gasteiger charge is -2.26. The van der Waals surface area contributed by atoms with Crippen molar-refractivity contribution in [1.29, 1.82) is 0 Å². The van der Waals surface area contributed by atoms with Gasteiger partial charge in [0.25, 0.3) is 5.91 Å². The number of rotatable bonds is 6. The summed E-state index contributed by atoms with van der Waals surface area (Å²) < 4.78 is 5.56. The maximum Gasteiger partial charge on any atom is 0.258 e. The molecular formula is C20H25NO3. The van der Waals surface area contributed by atoms with Gasteiger partial charge in [0.2, 0.25) is 0 Å². The Morgan fingerprint density at radius 2 is 1.88 bits per heavy atom. The number of aliphatic hydroxyl groups excluding tert-OH is 1. The summed E-state index contributed by atoms with van der Waals surface area (Å²) in [5.74, 6) is 0.801. The summed E-state index contributed by atoms with van der Waals surface area (Å²) in [6, 6.07) is 13.8. The van der Waals surface area contributed by atoms with Gasteiger partial charge >= 0.3 is 0 Å². The monoisotopic (exact) mass is 327 g/mol. The highest BCUT2D eigenvalue weighted by Crippen LogP contribution is 2.26. The molecule has 2 aromatic carbocycles. The van der Waals surface area contributed by atoms with Gasteiger partial charge in [-0.3, -0.25) is 4.79 Å². The van der Waals surface area contributed by atoms with Gasteiger partial charge in [-0.25, -0.2) is 0 Å². The molecule has 1 unspecified atom stereocenters. The molecule has 3 rings (SSSR count). The van der Waals surface area contributed by atoms with Crippen molar-refractivity contribution in [1.82, 2.24) is 5.32 Å². The molecule has 1 aliphatic rings. The van der Waals surface area contributed by atoms with Gasteiger partial charge in [0, 0.05) is 6.54 Å². The Hall–Kier alpha value is -2.07. The van der Waals surface area contributed by atoms with Crippen LogP contribution in [0, 0.1) is 5.92 Å². The Morgan fingerprint density at radius 3 is 2.67 bits per heavy atom. The molecule has 1 saturated carbocycles. The molecule has 1 atom stereocenters. The molecule has 4 heteroatoms. The van der Waals surface area contributed by atoms with Gasteiger partial charge in [-0.1, -0.05) is 49.6 Å². The number of nitrogens with one attached hydrogen (secondary N) is 1. The van der Waals surface area contributed by atoms with E-state index in [1.165, 1.54) is 19.3 Å². The number of carbonyl (C=O) groups is 1. The Balaban J connectivity index is 1.44. The number of fused-ring (bicyclic) bond motifs is 1. The highest BCUT2D eigenvalue weighted by atomic mass is 16.5. The molecule has 2 N–H and O–H groups in total. The molecule has 0 aliphatic heterocycles. The third-order valence-electron chi connectivity index (χ3n) is 4.79. The summed E-state index contributed by atoms with van der Waals surface area (Å²) in [6.45, 7) is 0.278. The van der Waals surface area contributed by atoms with E-state index in [1.54, 1.807) is 0 Å². The first kappa shape index (κ1) is 16.8. The van der Waals surface area contributed by atoms with Crippen LogP contribution in [0.5, 0.6) is 5.75 Å². The molecule has 1 amide bonds. The molecular weight excluding hydrogens is 302 g/mol. The Kier molecular flexibility index (Phi) is 5.70. The summed E-state index contributed by atoms with van der Waals surface area (Å²) in [7, 11) is 0. The van der Waals surface area contributed by atoms with Gasteiger partial charge in [0.15, 0.2) is 6.61 Å². The van der Waals surface area contributed by atoms with Crippen LogP contribution in [0.2, 0.25) is 0 Å². The van der Waals surface area contributed by atoms with Gasteiger partial charge in [-0.2, -0.15) is 0 Å². The van der Waals surface area contributed by atoms with Gasteiger partial charge in [-0.05, 0) is 41.7 Å². The predicted octanol–water partition coefficient (Wildman–Crippen LogP) is 3.28. The first-order valence-corrected chi connectivity index (χ1v) is 8.79. The molecule has 0 saturated heterocycles. The van der Waals surface area contributed by atoms with Crippen molar-refractivity contribution in [3.63, 3.8) is 0 Å². The van der Waals surface area contributed by atoms with Crippen LogP contribution in [0.15, 0.2) is 42.5 Å². The van der Waals surface area contributed by atoms with E-state index in [4.69, 9.17) is 4.74 Å². The lowest BCUT2D eigenvalue weighted by atomic mass is 9.85. The van der Waals surface area contributed by atoms with E-state index >= 15 is 0 Å². The van der Waals surface area contributed by atoms with Crippen molar-refractivity contribution in [3.05, 3.63) is 42.5 Å². The van der Waals surface area contributed by atoms with Crippen molar-refractivity contribution in [2.24, 2.45) is 5.92 Å². The van der Waals surface area contributed by atoms with Crippen molar-refractivity contribution in [3.8, 4) is 5.75 Å². The molecule has 128 valence electrons. The zero-order valence-electron chi connectivity index (χ0n) is 13.9. The molecule has 0 radical (unpaired) electrons. The SMILES string of the molecule is O=C(COc1ccc2ccccc2c1)NCC(O)C1CCCCC1. The first-order chi connectivity index (χ1) is 11.7. The molecule has 2 aromatic rings. The van der Waals surface area contributed by atoms with E-state index in [-0.39, 0.29) is 12.5 Å². The number of aliphatic hydroxyl groups is 1. The maximum absolute atomic E-state index is 11.9. The average Bonchev–Trinajstić information content (AvgIpc) is 2.65. The fourth-order valence-electron chi connectivity index (χ4n) is 3.36. The van der Waals surface area contributed by atoms with Crippen molar-refractivity contribution < 1.29 is 14.6 Å². The third kappa shape index (κ3) is 4.48. The van der Waals surface area contributed by atoms with Crippen LogP contribution >= 0.6 is 0 Å². The minimum Gasteiger partial charge on any atom is -0.484 e. The predicted molar refractivity (Wildman–Crippen MR) is 95.0 cm³/mol. The topological polar surface area (TPSA) is 58.6 Å². The average molecular weight is 327 g/mol. The summed E-state index contributed by atoms with van der Waals surface area (Å²) in [5, 5.41) is 15.2. The van der Waals surface area contributed by atoms with E-state index in [2.05, 4.69) is 5.32 Å². The first-order valence-electron chi connectivity index (χ1n) is 8.79. The summed E-state index contributed by atoms with van der Waals surface area (Å²) in [5.41, 5.74) is 0. The Labute approximate surface area is 142 Å². The number of hydrogen-bond donors (Lipinski definition) is 2. The summed E-state index contributed by atoms with van der Waals surface area (Å²) in [4.78, 5) is 11.9. The van der Waals surface area contributed by atoms with E-state index in [0.717, 1.165) is 23.6 Å². The smallest absolute Gasteiger partial charge is 0.258 e. The van der Waals surface area contributed by atoms with E-state index in [1.807, 2.05) is 42.5 Å². The van der Waals surface area contributed by atoms with Gasteiger partial charge in [0.1, 0.15) is 5.75 Å². The number of benzene rings is 2. The second kappa shape index (κ2) is 8.15. The number of hydrogen-bond acceptors (Lipinski definition) is 3. The zero-order valence-corrected chi connectivity index (χ0v) is 13.9. The normalized spacial score (nSPS) is 16.7. The number of ether oxygens (including phenoxy) is 1. The fourth-order valence-corrected chi connectivity index (χ4v) is 3.36. The van der Waals surface area contributed by atoms with E-state index in [9.17, 15) is 9.90 Å². The molecule has 1 aliphatic carbocycles. The van der Waals surface area contributed by atoms with Crippen molar-refractivity contribution >= 4 is 16.7 Å². The molecule has 1 fully saturated rings. The molecule has 4 nitrogen and oxygen atoms in total. The van der Waals surface area contributed by atoms with Crippen molar-refractivity contribution in [2.75, 3.05) is 13.2 Å².